The summed E-state index contributed by atoms with van der Waals surface area (Å²) in [5, 5.41) is 10.4. The largest absolute Gasteiger partial charge is 0.495 e. The van der Waals surface area contributed by atoms with Crippen LogP contribution in [0.3, 0.4) is 0 Å². The van der Waals surface area contributed by atoms with Crippen molar-refractivity contribution in [3.05, 3.63) is 47.8 Å². The van der Waals surface area contributed by atoms with E-state index in [2.05, 4.69) is 15.5 Å². The van der Waals surface area contributed by atoms with Gasteiger partial charge in [-0.25, -0.2) is 0 Å². The van der Waals surface area contributed by atoms with Gasteiger partial charge >= 0.3 is 0 Å². The van der Waals surface area contributed by atoms with Crippen molar-refractivity contribution in [2.24, 2.45) is 0 Å². The number of carbonyl (C=O) groups is 1. The number of aryl methyl sites for hydroxylation is 1. The Morgan fingerprint density at radius 1 is 1.17 bits per heavy atom. The van der Waals surface area contributed by atoms with Crippen LogP contribution in [-0.2, 0) is 0 Å². The van der Waals surface area contributed by atoms with Gasteiger partial charge in [-0.2, -0.15) is 5.10 Å². The van der Waals surface area contributed by atoms with Gasteiger partial charge in [0, 0.05) is 0 Å². The van der Waals surface area contributed by atoms with E-state index in [9.17, 15) is 4.79 Å². The van der Waals surface area contributed by atoms with Gasteiger partial charge in [0.25, 0.3) is 5.91 Å². The summed E-state index contributed by atoms with van der Waals surface area (Å²) in [5.41, 5.74) is 1.64. The highest BCUT2D eigenvalue weighted by Crippen LogP contribution is 2.23. The van der Waals surface area contributed by atoms with Crippen LogP contribution < -0.4 is 10.1 Å². The Bertz CT molecular complexity index is 552. The molecule has 18 heavy (non-hydrogen) atoms. The Hall–Kier alpha value is -2.43. The second-order valence-corrected chi connectivity index (χ2v) is 3.71. The number of carbonyl (C=O) groups excluding carboxylic acids is 1. The predicted molar refractivity (Wildman–Crippen MR) is 67.7 cm³/mol. The Kier molecular flexibility index (Phi) is 3.52. The molecule has 2 aromatic rings. The fraction of sp³-hybridized carbons (Fsp3) is 0.154. The average Bonchev–Trinajstić information content (AvgIpc) is 2.40. The molecule has 0 bridgehead atoms. The number of aromatic nitrogens is 2. The van der Waals surface area contributed by atoms with E-state index < -0.39 is 0 Å². The number of hydrogen-bond acceptors (Lipinski definition) is 4. The number of nitrogens with one attached hydrogen (secondary N) is 1. The molecule has 0 fully saturated rings. The average molecular weight is 243 g/mol. The lowest BCUT2D eigenvalue weighted by molar-refractivity contribution is 0.102. The van der Waals surface area contributed by atoms with Gasteiger partial charge in [0.15, 0.2) is 5.69 Å². The van der Waals surface area contributed by atoms with Crippen molar-refractivity contribution in [1.29, 1.82) is 0 Å². The molecule has 0 atom stereocenters. The van der Waals surface area contributed by atoms with Crippen LogP contribution in [0, 0.1) is 6.92 Å². The third-order valence-corrected chi connectivity index (χ3v) is 2.39. The van der Waals surface area contributed by atoms with Crippen LogP contribution in [0.5, 0.6) is 5.75 Å². The number of methoxy groups -OCH3 is 1. The molecule has 0 spiro atoms. The van der Waals surface area contributed by atoms with Crippen LogP contribution in [-0.4, -0.2) is 23.2 Å². The predicted octanol–water partition coefficient (Wildman–Crippen LogP) is 2.05. The maximum Gasteiger partial charge on any atom is 0.276 e. The zero-order chi connectivity index (χ0) is 13.0. The van der Waals surface area contributed by atoms with Crippen LogP contribution in [0.25, 0.3) is 0 Å². The van der Waals surface area contributed by atoms with Crippen molar-refractivity contribution in [1.82, 2.24) is 10.2 Å². The maximum absolute atomic E-state index is 11.9. The molecule has 0 saturated heterocycles. The molecule has 1 amide bonds. The third-order valence-electron chi connectivity index (χ3n) is 2.39. The first-order valence-electron chi connectivity index (χ1n) is 5.45. The minimum atomic E-state index is -0.313. The topological polar surface area (TPSA) is 64.1 Å². The summed E-state index contributed by atoms with van der Waals surface area (Å²) in [5.74, 6) is 0.290. The monoisotopic (exact) mass is 243 g/mol. The Balaban J connectivity index is 2.18. The van der Waals surface area contributed by atoms with Crippen LogP contribution in [0.4, 0.5) is 5.69 Å². The van der Waals surface area contributed by atoms with E-state index in [1.54, 1.807) is 31.4 Å². The normalized spacial score (nSPS) is 9.89. The summed E-state index contributed by atoms with van der Waals surface area (Å²) in [6, 6.07) is 10.6. The number of amides is 1. The zero-order valence-electron chi connectivity index (χ0n) is 10.2. The van der Waals surface area contributed by atoms with Crippen LogP contribution in [0.1, 0.15) is 16.2 Å². The first kappa shape index (κ1) is 12.0. The van der Waals surface area contributed by atoms with Crippen molar-refractivity contribution in [3.8, 4) is 5.75 Å². The molecule has 1 N–H and O–H groups in total. The van der Waals surface area contributed by atoms with Gasteiger partial charge in [-0.3, -0.25) is 4.79 Å². The molecule has 2 rings (SSSR count). The summed E-state index contributed by atoms with van der Waals surface area (Å²) in [6.45, 7) is 1.81. The number of anilines is 1. The molecule has 0 radical (unpaired) electrons. The highest BCUT2D eigenvalue weighted by molar-refractivity contribution is 6.03. The number of nitrogens with zero attached hydrogens (tertiary/aromatic N) is 2. The van der Waals surface area contributed by atoms with Crippen molar-refractivity contribution in [2.45, 2.75) is 6.92 Å². The molecule has 5 heteroatoms. The summed E-state index contributed by atoms with van der Waals surface area (Å²) >= 11 is 0. The Morgan fingerprint density at radius 2 is 1.94 bits per heavy atom. The van der Waals surface area contributed by atoms with Gasteiger partial charge in [-0.1, -0.05) is 12.1 Å². The van der Waals surface area contributed by atoms with Crippen LogP contribution in [0.15, 0.2) is 36.4 Å². The van der Waals surface area contributed by atoms with E-state index in [0.717, 1.165) is 5.69 Å². The molecule has 0 aliphatic heterocycles. The summed E-state index contributed by atoms with van der Waals surface area (Å²) in [7, 11) is 1.55. The van der Waals surface area contributed by atoms with E-state index in [1.165, 1.54) is 0 Å². The number of para-hydroxylation sites is 2. The smallest absolute Gasteiger partial charge is 0.276 e. The molecule has 0 aliphatic carbocycles. The molecular formula is C13H13N3O2. The third kappa shape index (κ3) is 2.63. The van der Waals surface area contributed by atoms with E-state index in [1.807, 2.05) is 19.1 Å². The Morgan fingerprint density at radius 3 is 2.61 bits per heavy atom. The Labute approximate surface area is 105 Å². The quantitative estimate of drug-likeness (QED) is 0.896. The maximum atomic E-state index is 11.9. The highest BCUT2D eigenvalue weighted by Gasteiger charge is 2.10. The molecule has 92 valence electrons. The number of ether oxygens (including phenoxy) is 1. The van der Waals surface area contributed by atoms with Crippen LogP contribution in [0.2, 0.25) is 0 Å². The molecule has 0 aliphatic rings. The van der Waals surface area contributed by atoms with E-state index in [-0.39, 0.29) is 11.6 Å². The lowest BCUT2D eigenvalue weighted by Gasteiger charge is -2.08. The molecule has 1 aromatic heterocycles. The van der Waals surface area contributed by atoms with Gasteiger partial charge < -0.3 is 10.1 Å². The molecule has 1 aromatic carbocycles. The van der Waals surface area contributed by atoms with Gasteiger partial charge in [0.05, 0.1) is 18.5 Å². The SMILES string of the molecule is COc1ccccc1NC(=O)c1ccc(C)nn1. The highest BCUT2D eigenvalue weighted by atomic mass is 16.5. The number of benzene rings is 1. The molecule has 5 nitrogen and oxygen atoms in total. The number of hydrogen-bond donors (Lipinski definition) is 1. The van der Waals surface area contributed by atoms with Crippen molar-refractivity contribution >= 4 is 11.6 Å². The van der Waals surface area contributed by atoms with Gasteiger partial charge in [0.1, 0.15) is 5.75 Å². The van der Waals surface area contributed by atoms with Crippen molar-refractivity contribution < 1.29 is 9.53 Å². The van der Waals surface area contributed by atoms with Crippen molar-refractivity contribution in [2.75, 3.05) is 12.4 Å². The molecule has 0 saturated carbocycles. The molecular weight excluding hydrogens is 230 g/mol. The van der Waals surface area contributed by atoms with Crippen LogP contribution >= 0.6 is 0 Å². The standard InChI is InChI=1S/C13H13N3O2/c1-9-7-8-11(16-15-9)13(17)14-10-5-3-4-6-12(10)18-2/h3-8H,1-2H3,(H,14,17). The second kappa shape index (κ2) is 5.27. The second-order valence-electron chi connectivity index (χ2n) is 3.71. The van der Waals surface area contributed by atoms with Gasteiger partial charge in [-0.15, -0.1) is 5.10 Å². The first-order valence-corrected chi connectivity index (χ1v) is 5.45. The minimum absolute atomic E-state index is 0.270. The van der Waals surface area contributed by atoms with Crippen molar-refractivity contribution in [3.63, 3.8) is 0 Å². The molecule has 1 heterocycles. The number of rotatable bonds is 3. The fourth-order valence-electron chi connectivity index (χ4n) is 1.45. The minimum Gasteiger partial charge on any atom is -0.495 e. The van der Waals surface area contributed by atoms with Gasteiger partial charge in [0.2, 0.25) is 0 Å². The summed E-state index contributed by atoms with van der Waals surface area (Å²) in [6.07, 6.45) is 0. The lowest BCUT2D eigenvalue weighted by atomic mass is 10.2. The van der Waals surface area contributed by atoms with Gasteiger partial charge in [-0.05, 0) is 31.2 Å². The first-order chi connectivity index (χ1) is 8.70. The fourth-order valence-corrected chi connectivity index (χ4v) is 1.45. The summed E-state index contributed by atoms with van der Waals surface area (Å²) < 4.78 is 5.15. The van der Waals surface area contributed by atoms with E-state index in [4.69, 9.17) is 4.74 Å². The summed E-state index contributed by atoms with van der Waals surface area (Å²) in [4.78, 5) is 11.9. The van der Waals surface area contributed by atoms with E-state index >= 15 is 0 Å². The van der Waals surface area contributed by atoms with E-state index in [0.29, 0.717) is 11.4 Å². The lowest BCUT2D eigenvalue weighted by Crippen LogP contribution is -2.15. The molecule has 0 unspecified atom stereocenters. The zero-order valence-corrected chi connectivity index (χ0v) is 10.2.